The molecule has 2 aromatic carbocycles. The van der Waals surface area contributed by atoms with Crippen molar-refractivity contribution in [1.29, 1.82) is 0 Å². The molecule has 21 heavy (non-hydrogen) atoms. The Kier molecular flexibility index (Phi) is 4.45. The van der Waals surface area contributed by atoms with Crippen molar-refractivity contribution < 1.29 is 9.13 Å². The van der Waals surface area contributed by atoms with Gasteiger partial charge in [-0.15, -0.1) is 0 Å². The summed E-state index contributed by atoms with van der Waals surface area (Å²) in [6.07, 6.45) is 2.76. The van der Waals surface area contributed by atoms with E-state index >= 15 is 0 Å². The topological polar surface area (TPSA) is 35.2 Å². The molecule has 0 aliphatic carbocycles. The fourth-order valence-electron chi connectivity index (χ4n) is 2.68. The van der Waals surface area contributed by atoms with Crippen LogP contribution in [0, 0.1) is 9.39 Å². The number of hydrogen-bond acceptors (Lipinski definition) is 2. The van der Waals surface area contributed by atoms with Gasteiger partial charge in [0.25, 0.3) is 0 Å². The van der Waals surface area contributed by atoms with Crippen LogP contribution in [-0.2, 0) is 12.8 Å². The second-order valence-electron chi connectivity index (χ2n) is 5.35. The monoisotopic (exact) mass is 397 g/mol. The van der Waals surface area contributed by atoms with Crippen LogP contribution in [0.2, 0.25) is 0 Å². The van der Waals surface area contributed by atoms with E-state index in [9.17, 15) is 4.39 Å². The highest BCUT2D eigenvalue weighted by molar-refractivity contribution is 14.1. The molecule has 0 saturated carbocycles. The number of fused-ring (bicyclic) bond motifs is 1. The molecule has 1 heterocycles. The maximum atomic E-state index is 13.1. The first-order valence-electron chi connectivity index (χ1n) is 7.08. The minimum Gasteiger partial charge on any atom is -0.493 e. The Balaban J connectivity index is 1.67. The first kappa shape index (κ1) is 14.8. The zero-order valence-corrected chi connectivity index (χ0v) is 13.8. The average Bonchev–Trinajstić information content (AvgIpc) is 2.92. The fourth-order valence-corrected chi connectivity index (χ4v) is 3.55. The Morgan fingerprint density at radius 2 is 2.10 bits per heavy atom. The van der Waals surface area contributed by atoms with E-state index in [1.54, 1.807) is 6.07 Å². The normalized spacial score (nSPS) is 14.6. The van der Waals surface area contributed by atoms with Crippen LogP contribution in [0.3, 0.4) is 0 Å². The van der Waals surface area contributed by atoms with Gasteiger partial charge in [0.05, 0.1) is 6.61 Å². The molecule has 0 bridgehead atoms. The van der Waals surface area contributed by atoms with Crippen LogP contribution >= 0.6 is 22.6 Å². The molecule has 2 aromatic rings. The van der Waals surface area contributed by atoms with Crippen molar-refractivity contribution in [2.75, 3.05) is 6.61 Å². The third kappa shape index (κ3) is 3.37. The second-order valence-corrected chi connectivity index (χ2v) is 6.51. The molecule has 4 heteroatoms. The van der Waals surface area contributed by atoms with Crippen LogP contribution < -0.4 is 10.5 Å². The number of ether oxygens (including phenoxy) is 1. The molecule has 2 N–H and O–H groups in total. The van der Waals surface area contributed by atoms with Gasteiger partial charge in [-0.1, -0.05) is 18.2 Å². The minimum absolute atomic E-state index is 0.0676. The largest absolute Gasteiger partial charge is 0.493 e. The summed E-state index contributed by atoms with van der Waals surface area (Å²) in [5, 5.41) is 0. The van der Waals surface area contributed by atoms with Crippen LogP contribution in [0.5, 0.6) is 5.75 Å². The highest BCUT2D eigenvalue weighted by Gasteiger charge is 2.14. The third-order valence-corrected chi connectivity index (χ3v) is 4.79. The number of aryl methyl sites for hydroxylation is 1. The minimum atomic E-state index is -0.214. The van der Waals surface area contributed by atoms with Gasteiger partial charge < -0.3 is 10.5 Å². The fraction of sp³-hybridized carbons (Fsp3) is 0.294. The Morgan fingerprint density at radius 3 is 2.90 bits per heavy atom. The van der Waals surface area contributed by atoms with Gasteiger partial charge in [0, 0.05) is 16.0 Å². The second kappa shape index (κ2) is 6.32. The van der Waals surface area contributed by atoms with Crippen molar-refractivity contribution in [3.63, 3.8) is 0 Å². The van der Waals surface area contributed by atoms with E-state index in [2.05, 4.69) is 34.7 Å². The van der Waals surface area contributed by atoms with Crippen LogP contribution in [0.1, 0.15) is 29.2 Å². The molecule has 1 atom stereocenters. The number of hydrogen-bond donors (Lipinski definition) is 1. The molecule has 1 unspecified atom stereocenters. The summed E-state index contributed by atoms with van der Waals surface area (Å²) < 4.78 is 19.5. The van der Waals surface area contributed by atoms with Crippen LogP contribution in [0.25, 0.3) is 0 Å². The van der Waals surface area contributed by atoms with Gasteiger partial charge in [-0.25, -0.2) is 4.39 Å². The summed E-state index contributed by atoms with van der Waals surface area (Å²) in [7, 11) is 0. The molecule has 0 radical (unpaired) electrons. The van der Waals surface area contributed by atoms with Crippen LogP contribution in [0.15, 0.2) is 36.4 Å². The Morgan fingerprint density at radius 1 is 1.24 bits per heavy atom. The van der Waals surface area contributed by atoms with E-state index in [1.807, 2.05) is 6.07 Å². The molecular formula is C17H17FINO. The highest BCUT2D eigenvalue weighted by atomic mass is 127. The van der Waals surface area contributed by atoms with Gasteiger partial charge in [0.2, 0.25) is 0 Å². The van der Waals surface area contributed by atoms with Gasteiger partial charge in [-0.05, 0) is 70.3 Å². The van der Waals surface area contributed by atoms with Crippen LogP contribution in [0.4, 0.5) is 4.39 Å². The molecule has 1 aliphatic heterocycles. The third-order valence-electron chi connectivity index (χ3n) is 3.86. The Labute approximate surface area is 137 Å². The average molecular weight is 397 g/mol. The summed E-state index contributed by atoms with van der Waals surface area (Å²) >= 11 is 2.14. The molecule has 0 aromatic heterocycles. The Hall–Kier alpha value is -1.14. The van der Waals surface area contributed by atoms with E-state index < -0.39 is 0 Å². The summed E-state index contributed by atoms with van der Waals surface area (Å²) in [6, 6.07) is 11.1. The smallest absolute Gasteiger partial charge is 0.124 e. The zero-order chi connectivity index (χ0) is 14.8. The highest BCUT2D eigenvalue weighted by Crippen LogP contribution is 2.28. The standard InChI is InChI=1S/C17H17FINO/c18-13-3-4-14(15(19)10-13)16(20)5-1-11-2-6-17-12(9-11)7-8-21-17/h2-4,6,9-10,16H,1,5,7-8,20H2. The molecule has 2 nitrogen and oxygen atoms in total. The lowest BCUT2D eigenvalue weighted by atomic mass is 9.98. The lowest BCUT2D eigenvalue weighted by Gasteiger charge is -2.14. The van der Waals surface area contributed by atoms with Gasteiger partial charge in [-0.2, -0.15) is 0 Å². The lowest BCUT2D eigenvalue weighted by molar-refractivity contribution is 0.357. The van der Waals surface area contributed by atoms with Crippen molar-refractivity contribution >= 4 is 22.6 Å². The molecule has 0 amide bonds. The first-order valence-corrected chi connectivity index (χ1v) is 8.16. The van der Waals surface area contributed by atoms with Crippen LogP contribution in [-0.4, -0.2) is 6.61 Å². The lowest BCUT2D eigenvalue weighted by Crippen LogP contribution is -2.13. The van der Waals surface area contributed by atoms with E-state index in [0.29, 0.717) is 0 Å². The molecule has 1 aliphatic rings. The molecule has 0 fully saturated rings. The Bertz CT molecular complexity index is 659. The molecule has 3 rings (SSSR count). The number of halogens is 2. The van der Waals surface area contributed by atoms with Gasteiger partial charge >= 0.3 is 0 Å². The first-order chi connectivity index (χ1) is 10.1. The summed E-state index contributed by atoms with van der Waals surface area (Å²) in [5.41, 5.74) is 9.84. The van der Waals surface area contributed by atoms with Gasteiger partial charge in [0.15, 0.2) is 0 Å². The van der Waals surface area contributed by atoms with Crippen molar-refractivity contribution in [3.8, 4) is 5.75 Å². The predicted molar refractivity (Wildman–Crippen MR) is 90.0 cm³/mol. The van der Waals surface area contributed by atoms with Crippen molar-refractivity contribution in [2.24, 2.45) is 5.73 Å². The van der Waals surface area contributed by atoms with E-state index in [0.717, 1.165) is 40.8 Å². The summed E-state index contributed by atoms with van der Waals surface area (Å²) in [6.45, 7) is 0.784. The number of nitrogens with two attached hydrogens (primary N) is 1. The van der Waals surface area contributed by atoms with Gasteiger partial charge in [0.1, 0.15) is 11.6 Å². The van der Waals surface area contributed by atoms with E-state index in [-0.39, 0.29) is 11.9 Å². The quantitative estimate of drug-likeness (QED) is 0.792. The van der Waals surface area contributed by atoms with Crippen molar-refractivity contribution in [1.82, 2.24) is 0 Å². The predicted octanol–water partition coefficient (Wildman–Crippen LogP) is 4.00. The zero-order valence-electron chi connectivity index (χ0n) is 11.6. The molecule has 0 spiro atoms. The summed E-state index contributed by atoms with van der Waals surface area (Å²) in [4.78, 5) is 0. The molecule has 110 valence electrons. The maximum absolute atomic E-state index is 13.1. The van der Waals surface area contributed by atoms with Crippen molar-refractivity contribution in [3.05, 3.63) is 62.5 Å². The molecule has 0 saturated heterocycles. The van der Waals surface area contributed by atoms with E-state index in [1.165, 1.54) is 23.3 Å². The summed E-state index contributed by atoms with van der Waals surface area (Å²) in [5.74, 6) is 0.796. The molecular weight excluding hydrogens is 380 g/mol. The van der Waals surface area contributed by atoms with Crippen molar-refractivity contribution in [2.45, 2.75) is 25.3 Å². The maximum Gasteiger partial charge on any atom is 0.124 e. The number of benzene rings is 2. The van der Waals surface area contributed by atoms with Gasteiger partial charge in [-0.3, -0.25) is 0 Å². The SMILES string of the molecule is NC(CCc1ccc2c(c1)CCO2)c1ccc(F)cc1I. The van der Waals surface area contributed by atoms with E-state index in [4.69, 9.17) is 10.5 Å². The number of rotatable bonds is 4.